The molecule has 0 saturated carbocycles. The van der Waals surface area contributed by atoms with Gasteiger partial charge in [0.15, 0.2) is 5.96 Å². The van der Waals surface area contributed by atoms with Gasteiger partial charge in [-0.25, -0.2) is 0 Å². The molecular formula is C15H33IN4O. The lowest BCUT2D eigenvalue weighted by atomic mass is 10.2. The van der Waals surface area contributed by atoms with E-state index in [2.05, 4.69) is 27.4 Å². The van der Waals surface area contributed by atoms with Gasteiger partial charge in [-0.15, -0.1) is 24.0 Å². The molecule has 6 heteroatoms. The Morgan fingerprint density at radius 2 is 1.86 bits per heavy atom. The third-order valence-electron chi connectivity index (χ3n) is 3.54. The number of nitrogens with one attached hydrogen (secondary N) is 2. The first-order valence-electron chi connectivity index (χ1n) is 8.10. The molecule has 0 aromatic rings. The molecule has 126 valence electrons. The van der Waals surface area contributed by atoms with Gasteiger partial charge in [0, 0.05) is 26.7 Å². The molecule has 0 aromatic heterocycles. The molecule has 0 spiro atoms. The van der Waals surface area contributed by atoms with Gasteiger partial charge in [0.1, 0.15) is 0 Å². The molecule has 21 heavy (non-hydrogen) atoms. The van der Waals surface area contributed by atoms with Crippen molar-refractivity contribution in [3.63, 3.8) is 0 Å². The Kier molecular flexibility index (Phi) is 14.8. The van der Waals surface area contributed by atoms with E-state index >= 15 is 0 Å². The first-order chi connectivity index (χ1) is 9.86. The summed E-state index contributed by atoms with van der Waals surface area (Å²) in [6.07, 6.45) is 6.68. The highest BCUT2D eigenvalue weighted by molar-refractivity contribution is 14.0. The van der Waals surface area contributed by atoms with Crippen molar-refractivity contribution in [1.29, 1.82) is 0 Å². The fourth-order valence-electron chi connectivity index (χ4n) is 2.46. The lowest BCUT2D eigenvalue weighted by Gasteiger charge is -2.19. The molecule has 1 aliphatic heterocycles. The number of hydrogen-bond donors (Lipinski definition) is 2. The predicted molar refractivity (Wildman–Crippen MR) is 101 cm³/mol. The van der Waals surface area contributed by atoms with E-state index in [0.29, 0.717) is 6.61 Å². The van der Waals surface area contributed by atoms with Gasteiger partial charge in [0.05, 0.1) is 6.61 Å². The third kappa shape index (κ3) is 11.2. The highest BCUT2D eigenvalue weighted by Gasteiger charge is 2.07. The van der Waals surface area contributed by atoms with Crippen molar-refractivity contribution >= 4 is 29.9 Å². The molecule has 2 N–H and O–H groups in total. The molecule has 1 heterocycles. The van der Waals surface area contributed by atoms with E-state index < -0.39 is 0 Å². The first-order valence-corrected chi connectivity index (χ1v) is 8.10. The SMILES string of the molecule is CCNC(=NCCCN1CCCCCC1)NCCOC.I. The monoisotopic (exact) mass is 412 g/mol. The summed E-state index contributed by atoms with van der Waals surface area (Å²) in [4.78, 5) is 7.20. The van der Waals surface area contributed by atoms with Crippen molar-refractivity contribution in [2.24, 2.45) is 4.99 Å². The number of aliphatic imine (C=N–C) groups is 1. The van der Waals surface area contributed by atoms with Crippen LogP contribution in [0.2, 0.25) is 0 Å². The minimum absolute atomic E-state index is 0. The van der Waals surface area contributed by atoms with E-state index in [4.69, 9.17) is 4.74 Å². The number of guanidine groups is 1. The van der Waals surface area contributed by atoms with Crippen LogP contribution in [-0.4, -0.2) is 63.8 Å². The summed E-state index contributed by atoms with van der Waals surface area (Å²) < 4.78 is 5.04. The molecule has 0 unspecified atom stereocenters. The molecule has 1 saturated heterocycles. The average Bonchev–Trinajstić information content (AvgIpc) is 2.72. The van der Waals surface area contributed by atoms with Crippen molar-refractivity contribution < 1.29 is 4.74 Å². The van der Waals surface area contributed by atoms with Crippen LogP contribution in [0.3, 0.4) is 0 Å². The minimum atomic E-state index is 0. The zero-order valence-electron chi connectivity index (χ0n) is 13.7. The summed E-state index contributed by atoms with van der Waals surface area (Å²) in [6, 6.07) is 0. The average molecular weight is 412 g/mol. The van der Waals surface area contributed by atoms with Gasteiger partial charge in [0.25, 0.3) is 0 Å². The maximum absolute atomic E-state index is 5.04. The van der Waals surface area contributed by atoms with E-state index in [1.54, 1.807) is 7.11 Å². The van der Waals surface area contributed by atoms with Crippen LogP contribution in [0, 0.1) is 0 Å². The number of halogens is 1. The number of nitrogens with zero attached hydrogens (tertiary/aromatic N) is 2. The summed E-state index contributed by atoms with van der Waals surface area (Å²) >= 11 is 0. The summed E-state index contributed by atoms with van der Waals surface area (Å²) in [7, 11) is 1.72. The molecule has 5 nitrogen and oxygen atoms in total. The lowest BCUT2D eigenvalue weighted by molar-refractivity contribution is 0.203. The van der Waals surface area contributed by atoms with Gasteiger partial charge in [-0.3, -0.25) is 4.99 Å². The summed E-state index contributed by atoms with van der Waals surface area (Å²) in [6.45, 7) is 9.11. The zero-order chi connectivity index (χ0) is 14.5. The van der Waals surface area contributed by atoms with Gasteiger partial charge < -0.3 is 20.3 Å². The van der Waals surface area contributed by atoms with Gasteiger partial charge in [-0.05, 0) is 45.8 Å². The van der Waals surface area contributed by atoms with Crippen molar-refractivity contribution in [1.82, 2.24) is 15.5 Å². The Balaban J connectivity index is 0.00000400. The molecule has 1 fully saturated rings. The van der Waals surface area contributed by atoms with Crippen LogP contribution in [0.25, 0.3) is 0 Å². The lowest BCUT2D eigenvalue weighted by Crippen LogP contribution is -2.39. The van der Waals surface area contributed by atoms with Crippen molar-refractivity contribution in [2.75, 3.05) is 53.0 Å². The second-order valence-corrected chi connectivity index (χ2v) is 5.29. The maximum Gasteiger partial charge on any atom is 0.191 e. The fraction of sp³-hybridized carbons (Fsp3) is 0.933. The number of ether oxygens (including phenoxy) is 1. The Morgan fingerprint density at radius 3 is 2.48 bits per heavy atom. The van der Waals surface area contributed by atoms with Crippen LogP contribution in [0.5, 0.6) is 0 Å². The zero-order valence-corrected chi connectivity index (χ0v) is 16.0. The van der Waals surface area contributed by atoms with E-state index in [1.165, 1.54) is 45.3 Å². The highest BCUT2D eigenvalue weighted by Crippen LogP contribution is 2.09. The van der Waals surface area contributed by atoms with Crippen LogP contribution in [0.15, 0.2) is 4.99 Å². The number of rotatable bonds is 8. The summed E-state index contributed by atoms with van der Waals surface area (Å²) in [5.41, 5.74) is 0. The number of hydrogen-bond acceptors (Lipinski definition) is 3. The Labute approximate surface area is 147 Å². The van der Waals surface area contributed by atoms with Gasteiger partial charge in [-0.2, -0.15) is 0 Å². The van der Waals surface area contributed by atoms with Crippen molar-refractivity contribution in [2.45, 2.75) is 39.0 Å². The van der Waals surface area contributed by atoms with E-state index in [-0.39, 0.29) is 24.0 Å². The molecule has 0 radical (unpaired) electrons. The van der Waals surface area contributed by atoms with Crippen LogP contribution in [0.4, 0.5) is 0 Å². The molecule has 0 amide bonds. The summed E-state index contributed by atoms with van der Waals surface area (Å²) in [5, 5.41) is 6.53. The maximum atomic E-state index is 5.04. The van der Waals surface area contributed by atoms with Gasteiger partial charge in [-0.1, -0.05) is 12.8 Å². The van der Waals surface area contributed by atoms with E-state index in [9.17, 15) is 0 Å². The molecule has 0 atom stereocenters. The van der Waals surface area contributed by atoms with Crippen LogP contribution < -0.4 is 10.6 Å². The smallest absolute Gasteiger partial charge is 0.191 e. The Hall–Kier alpha value is -0.0800. The Bertz CT molecular complexity index is 256. The molecule has 1 rings (SSSR count). The van der Waals surface area contributed by atoms with Gasteiger partial charge in [0.2, 0.25) is 0 Å². The standard InChI is InChI=1S/C15H32N4O.HI/c1-3-16-15(18-10-14-20-2)17-9-8-13-19-11-6-4-5-7-12-19;/h3-14H2,1-2H3,(H2,16,17,18);1H. The second-order valence-electron chi connectivity index (χ2n) is 5.29. The fourth-order valence-corrected chi connectivity index (χ4v) is 2.46. The molecule has 1 aliphatic rings. The minimum Gasteiger partial charge on any atom is -0.383 e. The number of likely N-dealkylation sites (tertiary alicyclic amines) is 1. The second kappa shape index (κ2) is 14.8. The molecule has 0 bridgehead atoms. The molecule has 0 aliphatic carbocycles. The first kappa shape index (κ1) is 20.9. The van der Waals surface area contributed by atoms with E-state index in [1.807, 2.05) is 0 Å². The van der Waals surface area contributed by atoms with E-state index in [0.717, 1.165) is 32.0 Å². The van der Waals surface area contributed by atoms with Crippen molar-refractivity contribution in [3.8, 4) is 0 Å². The topological polar surface area (TPSA) is 48.9 Å². The third-order valence-corrected chi connectivity index (χ3v) is 3.54. The molecular weight excluding hydrogens is 379 g/mol. The van der Waals surface area contributed by atoms with Crippen molar-refractivity contribution in [3.05, 3.63) is 0 Å². The van der Waals surface area contributed by atoms with Gasteiger partial charge >= 0.3 is 0 Å². The largest absolute Gasteiger partial charge is 0.383 e. The number of methoxy groups -OCH3 is 1. The normalized spacial score (nSPS) is 17.0. The van der Waals surface area contributed by atoms with Crippen LogP contribution >= 0.6 is 24.0 Å². The predicted octanol–water partition coefficient (Wildman–Crippen LogP) is 2.07. The van der Waals surface area contributed by atoms with Crippen LogP contribution in [-0.2, 0) is 4.74 Å². The quantitative estimate of drug-likeness (QED) is 0.277. The molecule has 0 aromatic carbocycles. The van der Waals surface area contributed by atoms with Crippen LogP contribution in [0.1, 0.15) is 39.0 Å². The summed E-state index contributed by atoms with van der Waals surface area (Å²) in [5.74, 6) is 0.903. The highest BCUT2D eigenvalue weighted by atomic mass is 127. The Morgan fingerprint density at radius 1 is 1.14 bits per heavy atom.